The first kappa shape index (κ1) is 15.6. The van der Waals surface area contributed by atoms with Crippen molar-refractivity contribution in [1.82, 2.24) is 15.2 Å². The molecule has 0 amide bonds. The topological polar surface area (TPSA) is 54.2 Å². The Bertz CT molecular complexity index is 588. The van der Waals surface area contributed by atoms with Crippen LogP contribution in [0.2, 0.25) is 0 Å². The third-order valence-electron chi connectivity index (χ3n) is 3.97. The Labute approximate surface area is 136 Å². The molecule has 0 radical (unpaired) electrons. The highest BCUT2D eigenvalue weighted by Gasteiger charge is 2.10. The molecule has 1 aliphatic heterocycles. The molecule has 0 aliphatic carbocycles. The summed E-state index contributed by atoms with van der Waals surface area (Å²) in [6.45, 7) is 6.22. The molecule has 1 saturated heterocycles. The summed E-state index contributed by atoms with van der Waals surface area (Å²) in [5.74, 6) is 0. The molecule has 0 unspecified atom stereocenters. The number of aromatic nitrogens is 1. The van der Waals surface area contributed by atoms with Gasteiger partial charge in [-0.3, -0.25) is 4.90 Å². The summed E-state index contributed by atoms with van der Waals surface area (Å²) in [5, 5.41) is 6.67. The average Bonchev–Trinajstić information content (AvgIpc) is 2.85. The van der Waals surface area contributed by atoms with Gasteiger partial charge in [0.25, 0.3) is 0 Å². The predicted molar refractivity (Wildman–Crippen MR) is 93.1 cm³/mol. The smallest absolute Gasteiger partial charge is 0.123 e. The highest BCUT2D eigenvalue weighted by Crippen LogP contribution is 2.25. The van der Waals surface area contributed by atoms with Crippen LogP contribution in [-0.4, -0.2) is 42.6 Å². The van der Waals surface area contributed by atoms with Gasteiger partial charge in [-0.25, -0.2) is 4.98 Å². The van der Waals surface area contributed by atoms with Crippen LogP contribution >= 0.6 is 11.3 Å². The van der Waals surface area contributed by atoms with Crippen LogP contribution in [-0.2, 0) is 13.0 Å². The van der Waals surface area contributed by atoms with E-state index in [1.807, 2.05) is 0 Å². The van der Waals surface area contributed by atoms with E-state index in [4.69, 9.17) is 5.73 Å². The van der Waals surface area contributed by atoms with Crippen molar-refractivity contribution >= 4 is 11.3 Å². The van der Waals surface area contributed by atoms with E-state index in [0.29, 0.717) is 6.54 Å². The molecule has 1 aliphatic rings. The van der Waals surface area contributed by atoms with Crippen LogP contribution < -0.4 is 11.1 Å². The van der Waals surface area contributed by atoms with Gasteiger partial charge in [0, 0.05) is 37.0 Å². The molecule has 1 fully saturated rings. The second-order valence-electron chi connectivity index (χ2n) is 5.76. The Morgan fingerprint density at radius 2 is 2.23 bits per heavy atom. The Kier molecular flexibility index (Phi) is 5.56. The van der Waals surface area contributed by atoms with Gasteiger partial charge in [0.2, 0.25) is 0 Å². The van der Waals surface area contributed by atoms with E-state index in [9.17, 15) is 0 Å². The lowest BCUT2D eigenvalue weighted by molar-refractivity contribution is 0.284. The molecule has 4 nitrogen and oxygen atoms in total. The van der Waals surface area contributed by atoms with Crippen molar-refractivity contribution in [3.63, 3.8) is 0 Å². The van der Waals surface area contributed by atoms with Crippen molar-refractivity contribution < 1.29 is 0 Å². The second-order valence-corrected chi connectivity index (χ2v) is 6.62. The van der Waals surface area contributed by atoms with Crippen molar-refractivity contribution in [2.45, 2.75) is 19.4 Å². The standard InChI is InChI=1S/C17H24N4S/c18-6-5-16-13-22-17(20-16)15-4-1-3-14(11-15)12-21-9-2-7-19-8-10-21/h1,3-4,11,13,19H,2,5-10,12,18H2. The molecule has 1 aromatic carbocycles. The van der Waals surface area contributed by atoms with E-state index in [1.165, 1.54) is 24.1 Å². The summed E-state index contributed by atoms with van der Waals surface area (Å²) in [6, 6.07) is 8.79. The lowest BCUT2D eigenvalue weighted by Gasteiger charge is -2.19. The summed E-state index contributed by atoms with van der Waals surface area (Å²) >= 11 is 1.71. The minimum absolute atomic E-state index is 0.659. The minimum atomic E-state index is 0.659. The number of nitrogens with two attached hydrogens (primary N) is 1. The molecule has 0 saturated carbocycles. The number of nitrogens with one attached hydrogen (secondary N) is 1. The lowest BCUT2D eigenvalue weighted by atomic mass is 10.1. The minimum Gasteiger partial charge on any atom is -0.330 e. The van der Waals surface area contributed by atoms with Crippen LogP contribution in [0.25, 0.3) is 10.6 Å². The zero-order valence-electron chi connectivity index (χ0n) is 12.9. The van der Waals surface area contributed by atoms with Crippen molar-refractivity contribution in [2.75, 3.05) is 32.7 Å². The molecule has 0 bridgehead atoms. The summed E-state index contributed by atoms with van der Waals surface area (Å²) in [7, 11) is 0. The molecular weight excluding hydrogens is 292 g/mol. The first-order chi connectivity index (χ1) is 10.8. The number of hydrogen-bond acceptors (Lipinski definition) is 5. The van der Waals surface area contributed by atoms with Crippen molar-refractivity contribution in [1.29, 1.82) is 0 Å². The first-order valence-electron chi connectivity index (χ1n) is 8.02. The maximum atomic E-state index is 5.60. The molecule has 22 heavy (non-hydrogen) atoms. The molecule has 118 valence electrons. The van der Waals surface area contributed by atoms with Crippen molar-refractivity contribution in [3.8, 4) is 10.6 Å². The van der Waals surface area contributed by atoms with Gasteiger partial charge in [0.15, 0.2) is 0 Å². The van der Waals surface area contributed by atoms with Gasteiger partial charge in [-0.1, -0.05) is 18.2 Å². The molecule has 3 N–H and O–H groups in total. The number of hydrogen-bond donors (Lipinski definition) is 2. The van der Waals surface area contributed by atoms with Crippen LogP contribution in [0.4, 0.5) is 0 Å². The first-order valence-corrected chi connectivity index (χ1v) is 8.90. The van der Waals surface area contributed by atoms with Gasteiger partial charge in [-0.2, -0.15) is 0 Å². The maximum absolute atomic E-state index is 5.60. The molecule has 5 heteroatoms. The van der Waals surface area contributed by atoms with Crippen LogP contribution in [0.15, 0.2) is 29.6 Å². The fourth-order valence-corrected chi connectivity index (χ4v) is 3.67. The summed E-state index contributed by atoms with van der Waals surface area (Å²) in [6.07, 6.45) is 2.09. The fraction of sp³-hybridized carbons (Fsp3) is 0.471. The number of benzene rings is 1. The van der Waals surface area contributed by atoms with E-state index in [-0.39, 0.29) is 0 Å². The largest absolute Gasteiger partial charge is 0.330 e. The average molecular weight is 316 g/mol. The summed E-state index contributed by atoms with van der Waals surface area (Å²) in [5.41, 5.74) is 9.30. The zero-order chi connectivity index (χ0) is 15.2. The Balaban J connectivity index is 1.71. The number of rotatable bonds is 5. The Morgan fingerprint density at radius 1 is 1.27 bits per heavy atom. The molecule has 2 heterocycles. The van der Waals surface area contributed by atoms with Crippen LogP contribution in [0.3, 0.4) is 0 Å². The van der Waals surface area contributed by atoms with E-state index in [2.05, 4.69) is 44.8 Å². The van der Waals surface area contributed by atoms with Gasteiger partial charge in [0.1, 0.15) is 5.01 Å². The molecule has 2 aromatic rings. The van der Waals surface area contributed by atoms with Gasteiger partial charge in [-0.15, -0.1) is 11.3 Å². The third kappa shape index (κ3) is 4.14. The normalized spacial score (nSPS) is 16.6. The molecule has 0 spiro atoms. The zero-order valence-corrected chi connectivity index (χ0v) is 13.7. The van der Waals surface area contributed by atoms with Crippen LogP contribution in [0, 0.1) is 0 Å². The highest BCUT2D eigenvalue weighted by molar-refractivity contribution is 7.13. The molecule has 3 rings (SSSR count). The number of nitrogens with zero attached hydrogens (tertiary/aromatic N) is 2. The molecular formula is C17H24N4S. The molecule has 0 atom stereocenters. The van der Waals surface area contributed by atoms with Crippen LogP contribution in [0.1, 0.15) is 17.7 Å². The van der Waals surface area contributed by atoms with E-state index < -0.39 is 0 Å². The predicted octanol–water partition coefficient (Wildman–Crippen LogP) is 2.11. The monoisotopic (exact) mass is 316 g/mol. The van der Waals surface area contributed by atoms with E-state index >= 15 is 0 Å². The number of thiazole rings is 1. The maximum Gasteiger partial charge on any atom is 0.123 e. The quantitative estimate of drug-likeness (QED) is 0.887. The highest BCUT2D eigenvalue weighted by atomic mass is 32.1. The van der Waals surface area contributed by atoms with Gasteiger partial charge < -0.3 is 11.1 Å². The molecule has 1 aromatic heterocycles. The van der Waals surface area contributed by atoms with Gasteiger partial charge in [0.05, 0.1) is 5.69 Å². The van der Waals surface area contributed by atoms with Crippen molar-refractivity contribution in [3.05, 3.63) is 40.9 Å². The van der Waals surface area contributed by atoms with Gasteiger partial charge >= 0.3 is 0 Å². The van der Waals surface area contributed by atoms with Crippen molar-refractivity contribution in [2.24, 2.45) is 5.73 Å². The Morgan fingerprint density at radius 3 is 3.14 bits per heavy atom. The Hall–Kier alpha value is -1.27. The van der Waals surface area contributed by atoms with Gasteiger partial charge in [-0.05, 0) is 37.7 Å². The van der Waals surface area contributed by atoms with Crippen LogP contribution in [0.5, 0.6) is 0 Å². The third-order valence-corrected chi connectivity index (χ3v) is 4.91. The van der Waals surface area contributed by atoms with E-state index in [1.54, 1.807) is 11.3 Å². The van der Waals surface area contributed by atoms with E-state index in [0.717, 1.165) is 43.3 Å². The summed E-state index contributed by atoms with van der Waals surface area (Å²) < 4.78 is 0. The SMILES string of the molecule is NCCc1csc(-c2cccc(CN3CCCNCC3)c2)n1. The second kappa shape index (κ2) is 7.83. The lowest BCUT2D eigenvalue weighted by Crippen LogP contribution is -2.27. The summed E-state index contributed by atoms with van der Waals surface area (Å²) in [4.78, 5) is 7.22. The fourth-order valence-electron chi connectivity index (χ4n) is 2.82.